The van der Waals surface area contributed by atoms with Crippen molar-refractivity contribution in [1.82, 2.24) is 0 Å². The first-order valence-corrected chi connectivity index (χ1v) is 4.92. The van der Waals surface area contributed by atoms with Crippen LogP contribution in [-0.2, 0) is 18.9 Å². The van der Waals surface area contributed by atoms with Crippen LogP contribution in [0.15, 0.2) is 0 Å². The molecular weight excluding hydrogens is 188 g/mol. The van der Waals surface area contributed by atoms with Crippen molar-refractivity contribution in [3.8, 4) is 0 Å². The standard InChI is InChI=1S/C9H16O5/c10-1-7(12-5-9-6-14-9)2-11-3-8-4-13-8/h7-10H,1-6H2/t7-,8+,9+/m1/s1. The Morgan fingerprint density at radius 1 is 1.21 bits per heavy atom. The Morgan fingerprint density at radius 3 is 2.43 bits per heavy atom. The maximum atomic E-state index is 8.96. The van der Waals surface area contributed by atoms with Gasteiger partial charge in [0.05, 0.1) is 39.6 Å². The molecule has 2 fully saturated rings. The lowest BCUT2D eigenvalue weighted by atomic mass is 10.4. The zero-order valence-corrected chi connectivity index (χ0v) is 8.05. The summed E-state index contributed by atoms with van der Waals surface area (Å²) < 4.78 is 20.7. The zero-order chi connectivity index (χ0) is 9.80. The van der Waals surface area contributed by atoms with Crippen LogP contribution in [0.2, 0.25) is 0 Å². The van der Waals surface area contributed by atoms with Crippen LogP contribution in [0.4, 0.5) is 0 Å². The Bertz CT molecular complexity index is 167. The lowest BCUT2D eigenvalue weighted by Crippen LogP contribution is -2.26. The van der Waals surface area contributed by atoms with E-state index in [4.69, 9.17) is 24.1 Å². The number of hydrogen-bond acceptors (Lipinski definition) is 5. The molecule has 82 valence electrons. The summed E-state index contributed by atoms with van der Waals surface area (Å²) in [5.74, 6) is 0. The summed E-state index contributed by atoms with van der Waals surface area (Å²) in [6.07, 6.45) is 0.259. The van der Waals surface area contributed by atoms with Gasteiger partial charge in [-0.25, -0.2) is 0 Å². The molecule has 0 radical (unpaired) electrons. The Labute approximate surface area is 82.9 Å². The molecule has 0 spiro atoms. The summed E-state index contributed by atoms with van der Waals surface area (Å²) in [6, 6.07) is 0. The zero-order valence-electron chi connectivity index (χ0n) is 8.05. The van der Waals surface area contributed by atoms with E-state index in [1.807, 2.05) is 0 Å². The largest absolute Gasteiger partial charge is 0.394 e. The molecule has 2 aliphatic rings. The van der Waals surface area contributed by atoms with Crippen molar-refractivity contribution in [2.75, 3.05) is 39.6 Å². The van der Waals surface area contributed by atoms with Gasteiger partial charge in [0.2, 0.25) is 0 Å². The fraction of sp³-hybridized carbons (Fsp3) is 1.00. The van der Waals surface area contributed by atoms with E-state index >= 15 is 0 Å². The van der Waals surface area contributed by atoms with Gasteiger partial charge in [0.1, 0.15) is 18.3 Å². The predicted molar refractivity (Wildman–Crippen MR) is 47.1 cm³/mol. The highest BCUT2D eigenvalue weighted by molar-refractivity contribution is 4.70. The minimum absolute atomic E-state index is 0.0156. The molecule has 2 heterocycles. The van der Waals surface area contributed by atoms with Crippen LogP contribution in [0.25, 0.3) is 0 Å². The van der Waals surface area contributed by atoms with Gasteiger partial charge >= 0.3 is 0 Å². The Hall–Kier alpha value is -0.200. The molecule has 0 bridgehead atoms. The second-order valence-electron chi connectivity index (χ2n) is 3.59. The number of epoxide rings is 2. The molecule has 0 aromatic heterocycles. The Balaban J connectivity index is 1.49. The van der Waals surface area contributed by atoms with Gasteiger partial charge in [-0.15, -0.1) is 0 Å². The number of aliphatic hydroxyl groups excluding tert-OH is 1. The van der Waals surface area contributed by atoms with Crippen LogP contribution >= 0.6 is 0 Å². The molecule has 2 saturated heterocycles. The maximum absolute atomic E-state index is 8.96. The monoisotopic (exact) mass is 204 g/mol. The van der Waals surface area contributed by atoms with E-state index in [0.717, 1.165) is 13.2 Å². The van der Waals surface area contributed by atoms with Gasteiger partial charge in [0.15, 0.2) is 0 Å². The second-order valence-corrected chi connectivity index (χ2v) is 3.59. The number of ether oxygens (including phenoxy) is 4. The first-order chi connectivity index (χ1) is 6.88. The van der Waals surface area contributed by atoms with Gasteiger partial charge in [0, 0.05) is 0 Å². The van der Waals surface area contributed by atoms with Crippen molar-refractivity contribution >= 4 is 0 Å². The highest BCUT2D eigenvalue weighted by atomic mass is 16.6. The molecule has 0 aromatic carbocycles. The Morgan fingerprint density at radius 2 is 1.86 bits per heavy atom. The summed E-state index contributed by atoms with van der Waals surface area (Å²) in [6.45, 7) is 3.12. The average Bonchev–Trinajstić information content (AvgIpc) is 3.01. The lowest BCUT2D eigenvalue weighted by molar-refractivity contribution is -0.0481. The molecule has 0 saturated carbocycles. The van der Waals surface area contributed by atoms with Crippen molar-refractivity contribution in [3.63, 3.8) is 0 Å². The minimum Gasteiger partial charge on any atom is -0.394 e. The highest BCUT2D eigenvalue weighted by Gasteiger charge is 2.25. The topological polar surface area (TPSA) is 63.8 Å². The summed E-state index contributed by atoms with van der Waals surface area (Å²) in [7, 11) is 0. The molecule has 0 aliphatic carbocycles. The molecule has 0 aromatic rings. The van der Waals surface area contributed by atoms with E-state index in [1.165, 1.54) is 0 Å². The second kappa shape index (κ2) is 5.04. The predicted octanol–water partition coefficient (Wildman–Crippen LogP) is -0.822. The third kappa shape index (κ3) is 3.89. The van der Waals surface area contributed by atoms with Crippen LogP contribution in [0.3, 0.4) is 0 Å². The summed E-state index contributed by atoms with van der Waals surface area (Å²) in [4.78, 5) is 0. The SMILES string of the molecule is OC[C@H](COC[C@H]1CO1)OC[C@H]1CO1. The molecule has 0 unspecified atom stereocenters. The molecule has 14 heavy (non-hydrogen) atoms. The number of aliphatic hydroxyl groups is 1. The maximum Gasteiger partial charge on any atom is 0.104 e. The fourth-order valence-corrected chi connectivity index (χ4v) is 1.06. The smallest absolute Gasteiger partial charge is 0.104 e. The molecule has 2 rings (SSSR count). The van der Waals surface area contributed by atoms with Gasteiger partial charge in [-0.3, -0.25) is 0 Å². The summed E-state index contributed by atoms with van der Waals surface area (Å²) in [5.41, 5.74) is 0. The minimum atomic E-state index is -0.238. The summed E-state index contributed by atoms with van der Waals surface area (Å²) in [5, 5.41) is 8.96. The third-order valence-electron chi connectivity index (χ3n) is 2.13. The van der Waals surface area contributed by atoms with E-state index < -0.39 is 0 Å². The quantitative estimate of drug-likeness (QED) is 0.523. The first kappa shape index (κ1) is 10.3. The molecular formula is C9H16O5. The van der Waals surface area contributed by atoms with Gasteiger partial charge in [-0.2, -0.15) is 0 Å². The van der Waals surface area contributed by atoms with Crippen molar-refractivity contribution in [2.24, 2.45) is 0 Å². The van der Waals surface area contributed by atoms with E-state index in [-0.39, 0.29) is 24.9 Å². The van der Waals surface area contributed by atoms with Crippen molar-refractivity contribution < 1.29 is 24.1 Å². The van der Waals surface area contributed by atoms with Crippen molar-refractivity contribution in [1.29, 1.82) is 0 Å². The van der Waals surface area contributed by atoms with Crippen LogP contribution < -0.4 is 0 Å². The van der Waals surface area contributed by atoms with Crippen molar-refractivity contribution in [2.45, 2.75) is 18.3 Å². The van der Waals surface area contributed by atoms with Crippen molar-refractivity contribution in [3.05, 3.63) is 0 Å². The van der Waals surface area contributed by atoms with Gasteiger partial charge in [-0.1, -0.05) is 0 Å². The van der Waals surface area contributed by atoms with Crippen LogP contribution in [0.1, 0.15) is 0 Å². The van der Waals surface area contributed by atoms with Crippen LogP contribution in [-0.4, -0.2) is 63.1 Å². The number of rotatable bonds is 8. The molecule has 5 heteroatoms. The van der Waals surface area contributed by atoms with E-state index in [0.29, 0.717) is 19.8 Å². The van der Waals surface area contributed by atoms with Gasteiger partial charge < -0.3 is 24.1 Å². The van der Waals surface area contributed by atoms with Crippen LogP contribution in [0.5, 0.6) is 0 Å². The fourth-order valence-electron chi connectivity index (χ4n) is 1.06. The van der Waals surface area contributed by atoms with Crippen LogP contribution in [0, 0.1) is 0 Å². The molecule has 5 nitrogen and oxygen atoms in total. The number of hydrogen-bond donors (Lipinski definition) is 1. The van der Waals surface area contributed by atoms with Gasteiger partial charge in [-0.05, 0) is 0 Å². The van der Waals surface area contributed by atoms with E-state index in [9.17, 15) is 0 Å². The van der Waals surface area contributed by atoms with E-state index in [1.54, 1.807) is 0 Å². The molecule has 1 N–H and O–H groups in total. The molecule has 3 atom stereocenters. The molecule has 0 amide bonds. The molecule has 2 aliphatic heterocycles. The summed E-state index contributed by atoms with van der Waals surface area (Å²) >= 11 is 0. The average molecular weight is 204 g/mol. The van der Waals surface area contributed by atoms with E-state index in [2.05, 4.69) is 0 Å². The lowest BCUT2D eigenvalue weighted by Gasteiger charge is -2.14. The normalized spacial score (nSPS) is 31.5. The first-order valence-electron chi connectivity index (χ1n) is 4.92. The van der Waals surface area contributed by atoms with Gasteiger partial charge in [0.25, 0.3) is 0 Å². The highest BCUT2D eigenvalue weighted by Crippen LogP contribution is 2.11. The Kier molecular flexibility index (Phi) is 3.72. The third-order valence-corrected chi connectivity index (χ3v) is 2.13.